The molecule has 1 rings (SSSR count). The van der Waals surface area contributed by atoms with Gasteiger partial charge in [-0.15, -0.1) is 0 Å². The molecule has 1 aromatic rings. The number of hydrogen-bond acceptors (Lipinski definition) is 0. The first kappa shape index (κ1) is 43.2. The van der Waals surface area contributed by atoms with Crippen molar-refractivity contribution in [3.63, 3.8) is 0 Å². The highest BCUT2D eigenvalue weighted by Gasteiger charge is 2.16. The van der Waals surface area contributed by atoms with E-state index >= 15 is 0 Å². The summed E-state index contributed by atoms with van der Waals surface area (Å²) < 4.78 is 5.26. The van der Waals surface area contributed by atoms with Crippen LogP contribution in [0.1, 0.15) is 251 Å². The summed E-state index contributed by atoms with van der Waals surface area (Å²) in [5, 5.41) is 0. The minimum Gasteiger partial charge on any atom is -0.234 e. The van der Waals surface area contributed by atoms with Gasteiger partial charge in [-0.2, -0.15) is 0 Å². The lowest BCUT2D eigenvalue weighted by molar-refractivity contribution is -0.704. The SMILES string of the molecule is CCCCCCCCCCCCCCCCCCn1cc[n+](CCCCCCCCCCCCCCCC)c1CCCCCCC. The second kappa shape index (κ2) is 35.5. The van der Waals surface area contributed by atoms with E-state index in [0.717, 1.165) is 0 Å². The molecule has 0 amide bonds. The van der Waals surface area contributed by atoms with Crippen molar-refractivity contribution in [2.24, 2.45) is 0 Å². The van der Waals surface area contributed by atoms with Crippen molar-refractivity contribution in [3.05, 3.63) is 18.2 Å². The topological polar surface area (TPSA) is 8.81 Å². The first-order valence-corrected chi connectivity index (χ1v) is 21.9. The quantitative estimate of drug-likeness (QED) is 0.0501. The highest BCUT2D eigenvalue weighted by Crippen LogP contribution is 2.16. The molecular weight excluding hydrogens is 556 g/mol. The van der Waals surface area contributed by atoms with Gasteiger partial charge in [0.1, 0.15) is 12.4 Å². The van der Waals surface area contributed by atoms with Crippen LogP contribution >= 0.6 is 0 Å². The van der Waals surface area contributed by atoms with E-state index in [0.29, 0.717) is 0 Å². The van der Waals surface area contributed by atoms with Crippen LogP contribution in [0.15, 0.2) is 12.4 Å². The minimum atomic E-state index is 1.23. The summed E-state index contributed by atoms with van der Waals surface area (Å²) in [6, 6.07) is 0. The average molecular weight is 644 g/mol. The molecular formula is C44H87N2+. The van der Waals surface area contributed by atoms with Crippen molar-refractivity contribution >= 4 is 0 Å². The van der Waals surface area contributed by atoms with E-state index in [2.05, 4.69) is 42.3 Å². The summed E-state index contributed by atoms with van der Waals surface area (Å²) in [6.45, 7) is 9.41. The van der Waals surface area contributed by atoms with E-state index < -0.39 is 0 Å². The van der Waals surface area contributed by atoms with Gasteiger partial charge >= 0.3 is 0 Å². The third-order valence-corrected chi connectivity index (χ3v) is 10.6. The maximum Gasteiger partial charge on any atom is 0.256 e. The molecule has 0 N–H and O–H groups in total. The monoisotopic (exact) mass is 644 g/mol. The van der Waals surface area contributed by atoms with E-state index in [1.807, 2.05) is 0 Å². The smallest absolute Gasteiger partial charge is 0.234 e. The Kier molecular flexibility index (Phi) is 33.4. The van der Waals surface area contributed by atoms with E-state index in [9.17, 15) is 0 Å². The van der Waals surface area contributed by atoms with Gasteiger partial charge in [0.05, 0.1) is 13.1 Å². The van der Waals surface area contributed by atoms with Crippen molar-refractivity contribution < 1.29 is 4.57 Å². The van der Waals surface area contributed by atoms with Crippen LogP contribution in [0, 0.1) is 0 Å². The Balaban J connectivity index is 2.15. The minimum absolute atomic E-state index is 1.23. The number of nitrogens with zero attached hydrogens (tertiary/aromatic N) is 2. The van der Waals surface area contributed by atoms with Crippen LogP contribution in [0.3, 0.4) is 0 Å². The molecule has 0 aliphatic carbocycles. The van der Waals surface area contributed by atoms with Crippen LogP contribution in [0.4, 0.5) is 0 Å². The molecule has 1 aromatic heterocycles. The van der Waals surface area contributed by atoms with Crippen LogP contribution in [-0.2, 0) is 19.5 Å². The summed E-state index contributed by atoms with van der Waals surface area (Å²) in [6.07, 6.45) is 56.4. The molecule has 0 saturated heterocycles. The predicted molar refractivity (Wildman–Crippen MR) is 207 cm³/mol. The maximum atomic E-state index is 2.63. The van der Waals surface area contributed by atoms with Crippen LogP contribution in [0.5, 0.6) is 0 Å². The number of hydrogen-bond donors (Lipinski definition) is 0. The molecule has 0 saturated carbocycles. The highest BCUT2D eigenvalue weighted by molar-refractivity contribution is 4.84. The number of aromatic nitrogens is 2. The summed E-state index contributed by atoms with van der Waals surface area (Å²) in [5.74, 6) is 1.62. The van der Waals surface area contributed by atoms with Gasteiger partial charge < -0.3 is 0 Å². The highest BCUT2D eigenvalue weighted by atomic mass is 15.1. The normalized spacial score (nSPS) is 11.6. The second-order valence-electron chi connectivity index (χ2n) is 15.2. The molecule has 2 heteroatoms. The molecule has 0 aliphatic rings. The molecule has 0 spiro atoms. The zero-order chi connectivity index (χ0) is 33.0. The fourth-order valence-corrected chi connectivity index (χ4v) is 7.39. The van der Waals surface area contributed by atoms with Crippen molar-refractivity contribution in [2.75, 3.05) is 0 Å². The molecule has 0 unspecified atom stereocenters. The Morgan fingerprint density at radius 1 is 0.370 bits per heavy atom. The number of rotatable bonds is 38. The van der Waals surface area contributed by atoms with Crippen LogP contribution < -0.4 is 4.57 Å². The van der Waals surface area contributed by atoms with Gasteiger partial charge in [0.15, 0.2) is 0 Å². The zero-order valence-corrected chi connectivity index (χ0v) is 32.4. The molecule has 0 bridgehead atoms. The molecule has 0 radical (unpaired) electrons. The Morgan fingerprint density at radius 3 is 1.04 bits per heavy atom. The van der Waals surface area contributed by atoms with Crippen LogP contribution in [-0.4, -0.2) is 4.57 Å². The molecule has 0 fully saturated rings. The first-order valence-electron chi connectivity index (χ1n) is 21.9. The van der Waals surface area contributed by atoms with Crippen LogP contribution in [0.25, 0.3) is 0 Å². The Hall–Kier alpha value is -0.790. The second-order valence-corrected chi connectivity index (χ2v) is 15.2. The fraction of sp³-hybridized carbons (Fsp3) is 0.932. The summed E-state index contributed by atoms with van der Waals surface area (Å²) in [5.41, 5.74) is 0. The average Bonchev–Trinajstić information content (AvgIpc) is 3.45. The lowest BCUT2D eigenvalue weighted by atomic mass is 10.0. The predicted octanol–water partition coefficient (Wildman–Crippen LogP) is 15.0. The van der Waals surface area contributed by atoms with E-state index in [-0.39, 0.29) is 0 Å². The van der Waals surface area contributed by atoms with Crippen LogP contribution in [0.2, 0.25) is 0 Å². The summed E-state index contributed by atoms with van der Waals surface area (Å²) in [7, 11) is 0. The molecule has 0 aromatic carbocycles. The van der Waals surface area contributed by atoms with E-state index in [1.54, 1.807) is 5.82 Å². The number of imidazole rings is 1. The molecule has 46 heavy (non-hydrogen) atoms. The third kappa shape index (κ3) is 27.2. The summed E-state index contributed by atoms with van der Waals surface area (Å²) >= 11 is 0. The van der Waals surface area contributed by atoms with Gasteiger partial charge in [0.25, 0.3) is 5.82 Å². The van der Waals surface area contributed by atoms with Gasteiger partial charge in [0, 0.05) is 6.42 Å². The van der Waals surface area contributed by atoms with Gasteiger partial charge in [0.2, 0.25) is 0 Å². The van der Waals surface area contributed by atoms with Crippen molar-refractivity contribution in [1.82, 2.24) is 4.57 Å². The third-order valence-electron chi connectivity index (χ3n) is 10.6. The van der Waals surface area contributed by atoms with Gasteiger partial charge in [-0.1, -0.05) is 213 Å². The molecule has 0 aliphatic heterocycles. The zero-order valence-electron chi connectivity index (χ0n) is 32.4. The lowest BCUT2D eigenvalue weighted by Crippen LogP contribution is -2.37. The van der Waals surface area contributed by atoms with E-state index in [1.165, 1.54) is 244 Å². The largest absolute Gasteiger partial charge is 0.256 e. The number of aryl methyl sites for hydroxylation is 2. The Morgan fingerprint density at radius 2 is 0.674 bits per heavy atom. The standard InChI is InChI=1S/C44H87N2/c1-4-7-10-13-15-17-19-21-23-24-26-28-30-32-35-38-41-46-43-42-45(44(46)39-36-33-12-9-6-3)40-37-34-31-29-27-25-22-20-18-16-14-11-8-5-2/h42-43H,4-41H2,1-3H3/q+1. The Bertz CT molecular complexity index is 707. The van der Waals surface area contributed by atoms with Gasteiger partial charge in [-0.25, -0.2) is 9.13 Å². The maximum absolute atomic E-state index is 2.63. The fourth-order valence-electron chi connectivity index (χ4n) is 7.39. The van der Waals surface area contributed by atoms with Gasteiger partial charge in [-0.3, -0.25) is 0 Å². The van der Waals surface area contributed by atoms with Crippen molar-refractivity contribution in [3.8, 4) is 0 Å². The van der Waals surface area contributed by atoms with Crippen molar-refractivity contribution in [2.45, 2.75) is 265 Å². The molecule has 0 atom stereocenters. The van der Waals surface area contributed by atoms with Gasteiger partial charge in [-0.05, 0) is 32.1 Å². The van der Waals surface area contributed by atoms with E-state index in [4.69, 9.17) is 0 Å². The lowest BCUT2D eigenvalue weighted by Gasteiger charge is -2.07. The molecule has 272 valence electrons. The molecule has 2 nitrogen and oxygen atoms in total. The summed E-state index contributed by atoms with van der Waals surface area (Å²) in [4.78, 5) is 0. The first-order chi connectivity index (χ1) is 22.8. The van der Waals surface area contributed by atoms with Crippen molar-refractivity contribution in [1.29, 1.82) is 0 Å². The Labute approximate surface area is 291 Å². The molecule has 1 heterocycles. The number of unbranched alkanes of at least 4 members (excludes halogenated alkanes) is 32.